The van der Waals surface area contributed by atoms with Gasteiger partial charge in [0.2, 0.25) is 0 Å². The van der Waals surface area contributed by atoms with Gasteiger partial charge in [-0.2, -0.15) is 0 Å². The maximum Gasteiger partial charge on any atom is 0.308 e. The predicted molar refractivity (Wildman–Crippen MR) is 47.0 cm³/mol. The van der Waals surface area contributed by atoms with Crippen LogP contribution in [0.1, 0.15) is 26.7 Å². The average molecular weight is 171 g/mol. The quantitative estimate of drug-likeness (QED) is 0.654. The molecule has 0 aromatic rings. The summed E-state index contributed by atoms with van der Waals surface area (Å²) in [5, 5.41) is 12.2. The molecule has 1 saturated heterocycles. The molecule has 70 valence electrons. The van der Waals surface area contributed by atoms with Crippen molar-refractivity contribution in [3.8, 4) is 0 Å². The van der Waals surface area contributed by atoms with E-state index in [1.165, 1.54) is 0 Å². The number of hydrogen-bond donors (Lipinski definition) is 2. The molecule has 0 amide bonds. The van der Waals surface area contributed by atoms with Gasteiger partial charge in [0.15, 0.2) is 0 Å². The number of hydrogen-bond acceptors (Lipinski definition) is 2. The maximum atomic E-state index is 10.8. The lowest BCUT2D eigenvalue weighted by molar-refractivity contribution is -0.144. The molecule has 0 saturated carbocycles. The molecule has 0 aliphatic carbocycles. The van der Waals surface area contributed by atoms with Crippen LogP contribution in [0.4, 0.5) is 0 Å². The van der Waals surface area contributed by atoms with Crippen molar-refractivity contribution >= 4 is 5.97 Å². The molecule has 12 heavy (non-hydrogen) atoms. The van der Waals surface area contributed by atoms with Gasteiger partial charge in [0.1, 0.15) is 0 Å². The summed E-state index contributed by atoms with van der Waals surface area (Å²) in [7, 11) is 0. The largest absolute Gasteiger partial charge is 0.481 e. The SMILES string of the molecule is CCC1NCC(C)CC1C(=O)O. The zero-order chi connectivity index (χ0) is 9.14. The summed E-state index contributed by atoms with van der Waals surface area (Å²) in [6, 6.07) is 0.179. The summed E-state index contributed by atoms with van der Waals surface area (Å²) in [6.07, 6.45) is 1.73. The van der Waals surface area contributed by atoms with E-state index in [4.69, 9.17) is 5.11 Å². The zero-order valence-corrected chi connectivity index (χ0v) is 7.71. The first-order chi connectivity index (χ1) is 5.65. The maximum absolute atomic E-state index is 10.8. The smallest absolute Gasteiger partial charge is 0.308 e. The van der Waals surface area contributed by atoms with Gasteiger partial charge in [-0.25, -0.2) is 0 Å². The number of rotatable bonds is 2. The van der Waals surface area contributed by atoms with E-state index >= 15 is 0 Å². The number of piperidine rings is 1. The molecule has 3 nitrogen and oxygen atoms in total. The number of carboxylic acids is 1. The molecule has 3 unspecified atom stereocenters. The Bertz CT molecular complexity index is 170. The Morgan fingerprint density at radius 3 is 2.83 bits per heavy atom. The van der Waals surface area contributed by atoms with Crippen LogP contribution < -0.4 is 5.32 Å². The molecule has 0 aromatic carbocycles. The fraction of sp³-hybridized carbons (Fsp3) is 0.889. The average Bonchev–Trinajstić information content (AvgIpc) is 2.04. The minimum Gasteiger partial charge on any atom is -0.481 e. The molecule has 1 fully saturated rings. The molecule has 0 aromatic heterocycles. The van der Waals surface area contributed by atoms with Crippen molar-refractivity contribution in [2.45, 2.75) is 32.7 Å². The first kappa shape index (κ1) is 9.52. The van der Waals surface area contributed by atoms with Crippen molar-refractivity contribution in [2.24, 2.45) is 11.8 Å². The zero-order valence-electron chi connectivity index (χ0n) is 7.71. The molecule has 1 rings (SSSR count). The van der Waals surface area contributed by atoms with E-state index in [0.717, 1.165) is 19.4 Å². The van der Waals surface area contributed by atoms with Gasteiger partial charge in [-0.05, 0) is 25.3 Å². The number of carboxylic acid groups (broad SMARTS) is 1. The normalized spacial score (nSPS) is 36.3. The summed E-state index contributed by atoms with van der Waals surface area (Å²) in [5.74, 6) is -0.339. The molecule has 1 aliphatic rings. The first-order valence-electron chi connectivity index (χ1n) is 4.61. The lowest BCUT2D eigenvalue weighted by atomic mass is 9.84. The van der Waals surface area contributed by atoms with Crippen LogP contribution in [0.5, 0.6) is 0 Å². The molecule has 0 radical (unpaired) electrons. The molecular formula is C9H17NO2. The molecule has 0 bridgehead atoms. The standard InChI is InChI=1S/C9H17NO2/c1-3-8-7(9(11)12)4-6(2)5-10-8/h6-8,10H,3-5H2,1-2H3,(H,11,12). The Morgan fingerprint density at radius 1 is 1.67 bits per heavy atom. The highest BCUT2D eigenvalue weighted by Crippen LogP contribution is 2.22. The summed E-state index contributed by atoms with van der Waals surface area (Å²) in [5.41, 5.74) is 0. The third-order valence-corrected chi connectivity index (χ3v) is 2.63. The minimum atomic E-state index is -0.652. The summed E-state index contributed by atoms with van der Waals surface area (Å²) in [4.78, 5) is 10.8. The second kappa shape index (κ2) is 3.90. The van der Waals surface area contributed by atoms with Gasteiger partial charge >= 0.3 is 5.97 Å². The molecule has 2 N–H and O–H groups in total. The Labute approximate surface area is 73.2 Å². The van der Waals surface area contributed by atoms with Crippen molar-refractivity contribution < 1.29 is 9.90 Å². The second-order valence-electron chi connectivity index (χ2n) is 3.71. The van der Waals surface area contributed by atoms with Crippen LogP contribution in [0.3, 0.4) is 0 Å². The third kappa shape index (κ3) is 1.97. The van der Waals surface area contributed by atoms with Gasteiger partial charge in [0.25, 0.3) is 0 Å². The van der Waals surface area contributed by atoms with Gasteiger partial charge in [0, 0.05) is 6.04 Å². The van der Waals surface area contributed by atoms with Crippen LogP contribution in [0, 0.1) is 11.8 Å². The summed E-state index contributed by atoms with van der Waals surface area (Å²) in [6.45, 7) is 5.08. The van der Waals surface area contributed by atoms with Crippen molar-refractivity contribution in [3.05, 3.63) is 0 Å². The van der Waals surface area contributed by atoms with Crippen LogP contribution in [0.15, 0.2) is 0 Å². The fourth-order valence-electron chi connectivity index (χ4n) is 1.88. The topological polar surface area (TPSA) is 49.3 Å². The lowest BCUT2D eigenvalue weighted by Crippen LogP contribution is -2.47. The molecule has 3 heteroatoms. The number of carbonyl (C=O) groups is 1. The second-order valence-corrected chi connectivity index (χ2v) is 3.71. The Balaban J connectivity index is 2.58. The molecule has 1 heterocycles. The Morgan fingerprint density at radius 2 is 2.33 bits per heavy atom. The van der Waals surface area contributed by atoms with Crippen molar-refractivity contribution in [3.63, 3.8) is 0 Å². The summed E-state index contributed by atoms with van der Waals surface area (Å²) >= 11 is 0. The van der Waals surface area contributed by atoms with E-state index in [1.807, 2.05) is 6.92 Å². The van der Waals surface area contributed by atoms with Crippen molar-refractivity contribution in [1.29, 1.82) is 0 Å². The highest BCUT2D eigenvalue weighted by Gasteiger charge is 2.31. The van der Waals surface area contributed by atoms with Gasteiger partial charge in [-0.1, -0.05) is 13.8 Å². The van der Waals surface area contributed by atoms with E-state index in [0.29, 0.717) is 5.92 Å². The van der Waals surface area contributed by atoms with Gasteiger partial charge in [0.05, 0.1) is 5.92 Å². The van der Waals surface area contributed by atoms with E-state index in [1.54, 1.807) is 0 Å². The predicted octanol–water partition coefficient (Wildman–Crippen LogP) is 1.10. The minimum absolute atomic E-state index is 0.179. The van der Waals surface area contributed by atoms with Crippen LogP contribution in [0.25, 0.3) is 0 Å². The van der Waals surface area contributed by atoms with E-state index < -0.39 is 5.97 Å². The number of nitrogens with one attached hydrogen (secondary N) is 1. The third-order valence-electron chi connectivity index (χ3n) is 2.63. The van der Waals surface area contributed by atoms with Gasteiger partial charge in [-0.15, -0.1) is 0 Å². The Kier molecular flexibility index (Phi) is 3.09. The lowest BCUT2D eigenvalue weighted by Gasteiger charge is -2.32. The summed E-state index contributed by atoms with van der Waals surface area (Å²) < 4.78 is 0. The highest BCUT2D eigenvalue weighted by molar-refractivity contribution is 5.71. The van der Waals surface area contributed by atoms with Gasteiger partial charge in [-0.3, -0.25) is 4.79 Å². The molecule has 3 atom stereocenters. The van der Waals surface area contributed by atoms with Crippen LogP contribution >= 0.6 is 0 Å². The highest BCUT2D eigenvalue weighted by atomic mass is 16.4. The van der Waals surface area contributed by atoms with Crippen LogP contribution in [0.2, 0.25) is 0 Å². The van der Waals surface area contributed by atoms with E-state index in [-0.39, 0.29) is 12.0 Å². The van der Waals surface area contributed by atoms with E-state index in [2.05, 4.69) is 12.2 Å². The van der Waals surface area contributed by atoms with Crippen LogP contribution in [-0.4, -0.2) is 23.7 Å². The van der Waals surface area contributed by atoms with Gasteiger partial charge < -0.3 is 10.4 Å². The fourth-order valence-corrected chi connectivity index (χ4v) is 1.88. The first-order valence-corrected chi connectivity index (χ1v) is 4.61. The molecule has 0 spiro atoms. The van der Waals surface area contributed by atoms with E-state index in [9.17, 15) is 4.79 Å². The monoisotopic (exact) mass is 171 g/mol. The Hall–Kier alpha value is -0.570. The molecular weight excluding hydrogens is 154 g/mol. The molecule has 1 aliphatic heterocycles. The van der Waals surface area contributed by atoms with Crippen LogP contribution in [-0.2, 0) is 4.79 Å². The van der Waals surface area contributed by atoms with Crippen molar-refractivity contribution in [2.75, 3.05) is 6.54 Å². The number of aliphatic carboxylic acids is 1. The van der Waals surface area contributed by atoms with Crippen molar-refractivity contribution in [1.82, 2.24) is 5.32 Å².